The van der Waals surface area contributed by atoms with E-state index in [0.717, 1.165) is 5.56 Å². The van der Waals surface area contributed by atoms with Crippen molar-refractivity contribution >= 4 is 23.9 Å². The Labute approximate surface area is 182 Å². The van der Waals surface area contributed by atoms with Gasteiger partial charge in [0.2, 0.25) is 11.8 Å². The molecular weight excluding hydrogens is 402 g/mol. The maximum atomic E-state index is 13.1. The molecule has 1 aliphatic heterocycles. The summed E-state index contributed by atoms with van der Waals surface area (Å²) < 4.78 is 9.91. The van der Waals surface area contributed by atoms with Gasteiger partial charge in [0.05, 0.1) is 7.11 Å². The molecule has 1 atom stereocenters. The van der Waals surface area contributed by atoms with Crippen LogP contribution in [0.2, 0.25) is 0 Å². The molecule has 3 amide bonds. The lowest BCUT2D eigenvalue weighted by Gasteiger charge is -2.34. The first-order valence-corrected chi connectivity index (χ1v) is 10.2. The predicted molar refractivity (Wildman–Crippen MR) is 113 cm³/mol. The number of hydrogen-bond donors (Lipinski definition) is 2. The monoisotopic (exact) mass is 433 g/mol. The Bertz CT molecular complexity index is 822. The average molecular weight is 434 g/mol. The lowest BCUT2D eigenvalue weighted by Crippen LogP contribution is -2.61. The van der Waals surface area contributed by atoms with Gasteiger partial charge in [0.25, 0.3) is 0 Å². The van der Waals surface area contributed by atoms with Gasteiger partial charge in [-0.3, -0.25) is 9.59 Å². The summed E-state index contributed by atoms with van der Waals surface area (Å²) in [6.07, 6.45) is 0.370. The number of carbonyl (C=O) groups excluding carboxylic acids is 4. The Morgan fingerprint density at radius 3 is 2.29 bits per heavy atom. The molecule has 0 aliphatic carbocycles. The van der Waals surface area contributed by atoms with Crippen molar-refractivity contribution < 1.29 is 28.7 Å². The lowest BCUT2D eigenvalue weighted by atomic mass is 10.0. The SMILES string of the molecule is COC(=O)C(C)(C)NC(=O)[C@@H]1CCCN1C(=O)C(C)(C)NC(=O)OCc1ccccc1. The van der Waals surface area contributed by atoms with Crippen molar-refractivity contribution in [3.63, 3.8) is 0 Å². The van der Waals surface area contributed by atoms with Gasteiger partial charge in [-0.05, 0) is 46.1 Å². The van der Waals surface area contributed by atoms with Gasteiger partial charge in [-0.25, -0.2) is 9.59 Å². The third kappa shape index (κ3) is 6.19. The molecule has 0 bridgehead atoms. The summed E-state index contributed by atoms with van der Waals surface area (Å²) in [4.78, 5) is 51.4. The van der Waals surface area contributed by atoms with Crippen molar-refractivity contribution in [3.05, 3.63) is 35.9 Å². The highest BCUT2D eigenvalue weighted by atomic mass is 16.5. The van der Waals surface area contributed by atoms with Gasteiger partial charge in [0, 0.05) is 6.54 Å². The molecule has 0 unspecified atom stereocenters. The van der Waals surface area contributed by atoms with Gasteiger partial charge in [0.15, 0.2) is 0 Å². The molecule has 0 saturated carbocycles. The Morgan fingerprint density at radius 1 is 1.03 bits per heavy atom. The second-order valence-electron chi connectivity index (χ2n) is 8.57. The number of nitrogens with one attached hydrogen (secondary N) is 2. The molecule has 2 N–H and O–H groups in total. The number of methoxy groups -OCH3 is 1. The highest BCUT2D eigenvalue weighted by Crippen LogP contribution is 2.23. The third-order valence-electron chi connectivity index (χ3n) is 5.11. The van der Waals surface area contributed by atoms with Gasteiger partial charge in [0.1, 0.15) is 23.7 Å². The van der Waals surface area contributed by atoms with E-state index in [0.29, 0.717) is 19.4 Å². The van der Waals surface area contributed by atoms with E-state index in [4.69, 9.17) is 9.47 Å². The van der Waals surface area contributed by atoms with Gasteiger partial charge in [-0.15, -0.1) is 0 Å². The third-order valence-corrected chi connectivity index (χ3v) is 5.11. The summed E-state index contributed by atoms with van der Waals surface area (Å²) in [5.74, 6) is -1.43. The van der Waals surface area contributed by atoms with Crippen molar-refractivity contribution in [1.82, 2.24) is 15.5 Å². The molecule has 0 radical (unpaired) electrons. The topological polar surface area (TPSA) is 114 Å². The fraction of sp³-hybridized carbons (Fsp3) is 0.545. The van der Waals surface area contributed by atoms with Crippen LogP contribution in [-0.2, 0) is 30.5 Å². The van der Waals surface area contributed by atoms with E-state index in [1.54, 1.807) is 13.8 Å². The molecule has 1 aromatic rings. The summed E-state index contributed by atoms with van der Waals surface area (Å²) in [7, 11) is 1.24. The number of carbonyl (C=O) groups is 4. The number of alkyl carbamates (subject to hydrolysis) is 1. The fourth-order valence-electron chi connectivity index (χ4n) is 3.41. The zero-order valence-corrected chi connectivity index (χ0v) is 18.7. The molecule has 9 nitrogen and oxygen atoms in total. The summed E-state index contributed by atoms with van der Waals surface area (Å²) in [6.45, 7) is 6.64. The van der Waals surface area contributed by atoms with E-state index in [-0.39, 0.29) is 6.61 Å². The summed E-state index contributed by atoms with van der Waals surface area (Å²) in [6, 6.07) is 8.45. The summed E-state index contributed by atoms with van der Waals surface area (Å²) in [5, 5.41) is 5.23. The van der Waals surface area contributed by atoms with Crippen molar-refractivity contribution in [2.24, 2.45) is 0 Å². The number of nitrogens with zero attached hydrogens (tertiary/aromatic N) is 1. The van der Waals surface area contributed by atoms with E-state index in [2.05, 4.69) is 10.6 Å². The van der Waals surface area contributed by atoms with Gasteiger partial charge in [-0.2, -0.15) is 0 Å². The largest absolute Gasteiger partial charge is 0.467 e. The number of amides is 3. The number of ether oxygens (including phenoxy) is 2. The molecule has 1 saturated heterocycles. The fourth-order valence-corrected chi connectivity index (χ4v) is 3.41. The molecule has 31 heavy (non-hydrogen) atoms. The van der Waals surface area contributed by atoms with Crippen LogP contribution in [-0.4, -0.2) is 59.6 Å². The van der Waals surface area contributed by atoms with Crippen LogP contribution in [0.5, 0.6) is 0 Å². The van der Waals surface area contributed by atoms with Crippen LogP contribution >= 0.6 is 0 Å². The molecular formula is C22H31N3O6. The van der Waals surface area contributed by atoms with E-state index in [1.807, 2.05) is 30.3 Å². The minimum atomic E-state index is -1.28. The van der Waals surface area contributed by atoms with Crippen molar-refractivity contribution in [2.75, 3.05) is 13.7 Å². The Kier molecular flexibility index (Phi) is 7.65. The molecule has 9 heteroatoms. The van der Waals surface area contributed by atoms with Crippen LogP contribution in [0.3, 0.4) is 0 Å². The number of likely N-dealkylation sites (tertiary alicyclic amines) is 1. The van der Waals surface area contributed by atoms with Crippen LogP contribution in [0, 0.1) is 0 Å². The van der Waals surface area contributed by atoms with Gasteiger partial charge in [-0.1, -0.05) is 30.3 Å². The highest BCUT2D eigenvalue weighted by Gasteiger charge is 2.43. The van der Waals surface area contributed by atoms with Gasteiger partial charge >= 0.3 is 12.1 Å². The Hall–Kier alpha value is -3.10. The number of benzene rings is 1. The first kappa shape index (κ1) is 24.2. The summed E-state index contributed by atoms with van der Waals surface area (Å²) >= 11 is 0. The van der Waals surface area contributed by atoms with E-state index < -0.39 is 41.0 Å². The van der Waals surface area contributed by atoms with Gasteiger partial charge < -0.3 is 25.0 Å². The second-order valence-corrected chi connectivity index (χ2v) is 8.57. The molecule has 1 aliphatic rings. The molecule has 0 aromatic heterocycles. The van der Waals surface area contributed by atoms with Crippen LogP contribution in [0.25, 0.3) is 0 Å². The number of hydrogen-bond acceptors (Lipinski definition) is 6. The quantitative estimate of drug-likeness (QED) is 0.634. The highest BCUT2D eigenvalue weighted by molar-refractivity contribution is 5.95. The van der Waals surface area contributed by atoms with Crippen LogP contribution < -0.4 is 10.6 Å². The predicted octanol–water partition coefficient (Wildman–Crippen LogP) is 1.75. The zero-order chi connectivity index (χ0) is 23.2. The van der Waals surface area contributed by atoms with E-state index >= 15 is 0 Å². The molecule has 2 rings (SSSR count). The minimum Gasteiger partial charge on any atom is -0.467 e. The van der Waals surface area contributed by atoms with Crippen molar-refractivity contribution in [3.8, 4) is 0 Å². The van der Waals surface area contributed by atoms with Crippen molar-refractivity contribution in [2.45, 2.75) is 64.3 Å². The maximum absolute atomic E-state index is 13.1. The lowest BCUT2D eigenvalue weighted by molar-refractivity contribution is -0.151. The molecule has 1 fully saturated rings. The Balaban J connectivity index is 1.99. The zero-order valence-electron chi connectivity index (χ0n) is 18.7. The summed E-state index contributed by atoms with van der Waals surface area (Å²) in [5.41, 5.74) is -1.68. The first-order chi connectivity index (χ1) is 14.5. The van der Waals surface area contributed by atoms with Crippen molar-refractivity contribution in [1.29, 1.82) is 0 Å². The van der Waals surface area contributed by atoms with Crippen LogP contribution in [0.15, 0.2) is 30.3 Å². The smallest absolute Gasteiger partial charge is 0.408 e. The minimum absolute atomic E-state index is 0.0777. The average Bonchev–Trinajstić information content (AvgIpc) is 3.21. The molecule has 170 valence electrons. The molecule has 1 aromatic carbocycles. The van der Waals surface area contributed by atoms with E-state index in [9.17, 15) is 19.2 Å². The second kappa shape index (κ2) is 9.80. The Morgan fingerprint density at radius 2 is 1.68 bits per heavy atom. The standard InChI is InChI=1S/C22H31N3O6/c1-21(2,24-20(29)31-14-15-10-7-6-8-11-15)18(27)25-13-9-12-16(25)17(26)23-22(3,4)19(28)30-5/h6-8,10-11,16H,9,12-14H2,1-5H3,(H,23,26)(H,24,29)/t16-/m0/s1. The maximum Gasteiger partial charge on any atom is 0.408 e. The molecule has 0 spiro atoms. The number of rotatable bonds is 7. The van der Waals surface area contributed by atoms with Crippen LogP contribution in [0.4, 0.5) is 4.79 Å². The molecule has 1 heterocycles. The van der Waals surface area contributed by atoms with E-state index in [1.165, 1.54) is 25.9 Å². The number of esters is 1. The first-order valence-electron chi connectivity index (χ1n) is 10.2. The normalized spacial score (nSPS) is 16.4. The van der Waals surface area contributed by atoms with Crippen LogP contribution in [0.1, 0.15) is 46.1 Å².